The molecule has 0 saturated heterocycles. The van der Waals surface area contributed by atoms with Crippen molar-refractivity contribution in [1.29, 1.82) is 0 Å². The minimum atomic E-state index is -3.65. The maximum atomic E-state index is 12.3. The normalized spacial score (nSPS) is 15.4. The average Bonchev–Trinajstić information content (AvgIpc) is 2.72. The summed E-state index contributed by atoms with van der Waals surface area (Å²) in [6.45, 7) is 3.57. The van der Waals surface area contributed by atoms with Gasteiger partial charge < -0.3 is 10.0 Å². The first-order valence-electron chi connectivity index (χ1n) is 6.66. The number of likely N-dealkylation sites (N-methyl/N-ethyl adjacent to an activating group) is 1. The lowest BCUT2D eigenvalue weighted by atomic mass is 9.96. The fraction of sp³-hybridized carbons (Fsp3) is 0.500. The molecule has 0 unspecified atom stereocenters. The molecule has 0 radical (unpaired) electrons. The van der Waals surface area contributed by atoms with E-state index in [1.54, 1.807) is 27.0 Å². The Morgan fingerprint density at radius 3 is 2.67 bits per heavy atom. The van der Waals surface area contributed by atoms with Crippen LogP contribution in [0.2, 0.25) is 0 Å². The van der Waals surface area contributed by atoms with Crippen molar-refractivity contribution in [3.05, 3.63) is 23.8 Å². The lowest BCUT2D eigenvalue weighted by molar-refractivity contribution is -0.117. The number of benzene rings is 1. The second kappa shape index (κ2) is 5.40. The number of hydrogen-bond donors (Lipinski definition) is 2. The van der Waals surface area contributed by atoms with Gasteiger partial charge in [0.05, 0.1) is 11.3 Å². The van der Waals surface area contributed by atoms with E-state index in [2.05, 4.69) is 4.72 Å². The highest BCUT2D eigenvalue weighted by atomic mass is 32.2. The van der Waals surface area contributed by atoms with E-state index in [-0.39, 0.29) is 30.4 Å². The summed E-state index contributed by atoms with van der Waals surface area (Å²) < 4.78 is 27.0. The first-order valence-corrected chi connectivity index (χ1v) is 8.15. The lowest BCUT2D eigenvalue weighted by Crippen LogP contribution is -2.36. The smallest absolute Gasteiger partial charge is 0.240 e. The maximum absolute atomic E-state index is 12.3. The number of hydrogen-bond acceptors (Lipinski definition) is 4. The van der Waals surface area contributed by atoms with Crippen LogP contribution < -0.4 is 9.62 Å². The quantitative estimate of drug-likeness (QED) is 0.829. The number of fused-ring (bicyclic) bond motifs is 1. The molecule has 0 fully saturated rings. The standard InChI is InChI=1S/C14H20N2O4S/c1-14(2,9-17)8-15-21(19,20)11-4-5-12-10(6-11)7-13(18)16(12)3/h4-6,15,17H,7-9H2,1-3H3. The third kappa shape index (κ3) is 3.25. The molecule has 1 aliphatic rings. The number of sulfonamides is 1. The highest BCUT2D eigenvalue weighted by molar-refractivity contribution is 7.89. The number of amides is 1. The predicted octanol–water partition coefficient (Wildman–Crippen LogP) is 0.502. The van der Waals surface area contributed by atoms with Crippen LogP contribution in [-0.2, 0) is 21.2 Å². The molecule has 6 nitrogen and oxygen atoms in total. The van der Waals surface area contributed by atoms with E-state index >= 15 is 0 Å². The van der Waals surface area contributed by atoms with Crippen LogP contribution in [0.5, 0.6) is 0 Å². The Hall–Kier alpha value is -1.44. The number of rotatable bonds is 5. The van der Waals surface area contributed by atoms with E-state index < -0.39 is 15.4 Å². The van der Waals surface area contributed by atoms with Crippen LogP contribution in [0, 0.1) is 5.41 Å². The summed E-state index contributed by atoms with van der Waals surface area (Å²) in [6.07, 6.45) is 0.220. The Kier molecular flexibility index (Phi) is 4.10. The molecule has 0 spiro atoms. The van der Waals surface area contributed by atoms with E-state index in [0.717, 1.165) is 5.69 Å². The summed E-state index contributed by atoms with van der Waals surface area (Å²) in [7, 11) is -1.98. The van der Waals surface area contributed by atoms with Crippen molar-refractivity contribution in [2.45, 2.75) is 25.2 Å². The van der Waals surface area contributed by atoms with Gasteiger partial charge in [-0.2, -0.15) is 0 Å². The Balaban J connectivity index is 2.23. The van der Waals surface area contributed by atoms with Crippen LogP contribution in [0.3, 0.4) is 0 Å². The second-order valence-electron chi connectivity index (χ2n) is 6.07. The fourth-order valence-corrected chi connectivity index (χ4v) is 3.34. The van der Waals surface area contributed by atoms with E-state index in [9.17, 15) is 13.2 Å². The number of nitrogens with zero attached hydrogens (tertiary/aromatic N) is 1. The number of aliphatic hydroxyl groups excluding tert-OH is 1. The van der Waals surface area contributed by atoms with E-state index in [4.69, 9.17) is 5.11 Å². The van der Waals surface area contributed by atoms with E-state index in [0.29, 0.717) is 5.56 Å². The zero-order chi connectivity index (χ0) is 15.8. The SMILES string of the molecule is CN1C(=O)Cc2cc(S(=O)(=O)NCC(C)(C)CO)ccc21. The van der Waals surface area contributed by atoms with E-state index in [1.165, 1.54) is 17.0 Å². The molecule has 21 heavy (non-hydrogen) atoms. The van der Waals surface area contributed by atoms with Gasteiger partial charge in [0.2, 0.25) is 15.9 Å². The number of anilines is 1. The Labute approximate surface area is 124 Å². The van der Waals surface area contributed by atoms with Crippen molar-refractivity contribution in [3.63, 3.8) is 0 Å². The molecule has 7 heteroatoms. The van der Waals surface area contributed by atoms with Gasteiger partial charge in [-0.3, -0.25) is 4.79 Å². The van der Waals surface area contributed by atoms with Crippen molar-refractivity contribution in [2.75, 3.05) is 25.1 Å². The minimum Gasteiger partial charge on any atom is -0.396 e. The van der Waals surface area contributed by atoms with Gasteiger partial charge in [0, 0.05) is 31.3 Å². The number of aliphatic hydroxyl groups is 1. The molecule has 2 N–H and O–H groups in total. The summed E-state index contributed by atoms with van der Waals surface area (Å²) in [4.78, 5) is 13.3. The summed E-state index contributed by atoms with van der Waals surface area (Å²) in [5, 5.41) is 9.17. The molecule has 1 amide bonds. The first kappa shape index (κ1) is 15.9. The minimum absolute atomic E-state index is 0.0473. The summed E-state index contributed by atoms with van der Waals surface area (Å²) in [5.74, 6) is -0.0473. The molecule has 0 aromatic heterocycles. The highest BCUT2D eigenvalue weighted by Gasteiger charge is 2.27. The van der Waals surface area contributed by atoms with Crippen LogP contribution in [0.15, 0.2) is 23.1 Å². The lowest BCUT2D eigenvalue weighted by Gasteiger charge is -2.21. The van der Waals surface area contributed by atoms with Gasteiger partial charge in [0.15, 0.2) is 0 Å². The van der Waals surface area contributed by atoms with Gasteiger partial charge in [-0.15, -0.1) is 0 Å². The van der Waals surface area contributed by atoms with Crippen molar-refractivity contribution < 1.29 is 18.3 Å². The fourth-order valence-electron chi connectivity index (χ4n) is 2.04. The van der Waals surface area contributed by atoms with Gasteiger partial charge in [-0.25, -0.2) is 13.1 Å². The molecule has 0 saturated carbocycles. The Morgan fingerprint density at radius 1 is 1.38 bits per heavy atom. The topological polar surface area (TPSA) is 86.7 Å². The summed E-state index contributed by atoms with van der Waals surface area (Å²) in [6, 6.07) is 4.67. The third-order valence-corrected chi connectivity index (χ3v) is 5.01. The van der Waals surface area contributed by atoms with Gasteiger partial charge in [-0.05, 0) is 23.8 Å². The molecular formula is C14H20N2O4S. The van der Waals surface area contributed by atoms with Crippen molar-refractivity contribution in [3.8, 4) is 0 Å². The zero-order valence-electron chi connectivity index (χ0n) is 12.4. The van der Waals surface area contributed by atoms with Gasteiger partial charge in [0.25, 0.3) is 0 Å². The molecule has 1 aromatic carbocycles. The molecule has 0 atom stereocenters. The predicted molar refractivity (Wildman–Crippen MR) is 79.6 cm³/mol. The molecule has 1 aliphatic heterocycles. The van der Waals surface area contributed by atoms with Crippen LogP contribution in [-0.4, -0.2) is 39.6 Å². The van der Waals surface area contributed by atoms with Crippen molar-refractivity contribution >= 4 is 21.6 Å². The summed E-state index contributed by atoms with van der Waals surface area (Å²) >= 11 is 0. The Morgan fingerprint density at radius 2 is 2.05 bits per heavy atom. The summed E-state index contributed by atoms with van der Waals surface area (Å²) in [5.41, 5.74) is 0.932. The number of carbonyl (C=O) groups is 1. The second-order valence-corrected chi connectivity index (χ2v) is 7.83. The van der Waals surface area contributed by atoms with Crippen LogP contribution in [0.25, 0.3) is 0 Å². The maximum Gasteiger partial charge on any atom is 0.240 e. The molecule has 1 aromatic rings. The first-order chi connectivity index (χ1) is 9.66. The third-order valence-electron chi connectivity index (χ3n) is 3.61. The van der Waals surface area contributed by atoms with Gasteiger partial charge >= 0.3 is 0 Å². The van der Waals surface area contributed by atoms with Crippen LogP contribution in [0.4, 0.5) is 5.69 Å². The molecular weight excluding hydrogens is 292 g/mol. The monoisotopic (exact) mass is 312 g/mol. The highest BCUT2D eigenvalue weighted by Crippen LogP contribution is 2.29. The number of nitrogens with one attached hydrogen (secondary N) is 1. The molecule has 116 valence electrons. The van der Waals surface area contributed by atoms with E-state index in [1.807, 2.05) is 0 Å². The average molecular weight is 312 g/mol. The van der Waals surface area contributed by atoms with Crippen LogP contribution in [0.1, 0.15) is 19.4 Å². The molecule has 1 heterocycles. The Bertz CT molecular complexity index is 668. The van der Waals surface area contributed by atoms with Crippen molar-refractivity contribution in [1.82, 2.24) is 4.72 Å². The van der Waals surface area contributed by atoms with Crippen molar-refractivity contribution in [2.24, 2.45) is 5.41 Å². The van der Waals surface area contributed by atoms with Gasteiger partial charge in [0.1, 0.15) is 0 Å². The zero-order valence-corrected chi connectivity index (χ0v) is 13.2. The van der Waals surface area contributed by atoms with Crippen LogP contribution >= 0.6 is 0 Å². The molecule has 0 bridgehead atoms. The molecule has 0 aliphatic carbocycles. The largest absolute Gasteiger partial charge is 0.396 e. The van der Waals surface area contributed by atoms with Gasteiger partial charge in [-0.1, -0.05) is 13.8 Å². The molecule has 2 rings (SSSR count). The number of carbonyl (C=O) groups excluding carboxylic acids is 1.